The van der Waals surface area contributed by atoms with Crippen LogP contribution < -0.4 is 14.9 Å². The van der Waals surface area contributed by atoms with Crippen LogP contribution in [0.4, 0.5) is 24.5 Å². The standard InChI is InChI=1S/C41H37F3N4O4S2/c42-41(43,44)38-28-37(19-20-39(38)45-21-26-53-36-11-2-1-3-12-36)54(51,52)46-40(50)32-15-17-34(18-16-32)48-24-22-47(23-25-48)29-33-9-5-4-8-31(33)14-13-30-7-6-10-35(49)27-30/h1-12,15-20,27-28,45,49H,21-26,29H2,(H,46,50). The predicted octanol–water partition coefficient (Wildman–Crippen LogP) is 7.46. The summed E-state index contributed by atoms with van der Waals surface area (Å²) in [6, 6.07) is 33.3. The second-order valence-corrected chi connectivity index (χ2v) is 15.3. The number of piperazine rings is 1. The van der Waals surface area contributed by atoms with Crippen LogP contribution in [-0.2, 0) is 22.7 Å². The molecule has 0 unspecified atom stereocenters. The quantitative estimate of drug-likeness (QED) is 0.0724. The molecule has 0 aromatic heterocycles. The van der Waals surface area contributed by atoms with Gasteiger partial charge in [-0.1, -0.05) is 54.3 Å². The van der Waals surface area contributed by atoms with E-state index in [0.717, 1.165) is 65.6 Å². The van der Waals surface area contributed by atoms with E-state index in [2.05, 4.69) is 33.0 Å². The van der Waals surface area contributed by atoms with Crippen LogP contribution in [0, 0.1) is 11.8 Å². The minimum atomic E-state index is -4.83. The van der Waals surface area contributed by atoms with E-state index in [0.29, 0.717) is 18.4 Å². The SMILES string of the molecule is O=C(NS(=O)(=O)c1ccc(NCCSc2ccccc2)c(C(F)(F)F)c1)c1ccc(N2CCN(Cc3ccccc3C#Cc3cccc(O)c3)CC2)cc1. The summed E-state index contributed by atoms with van der Waals surface area (Å²) in [6.45, 7) is 3.91. The minimum absolute atomic E-state index is 0.0506. The number of thioether (sulfide) groups is 1. The van der Waals surface area contributed by atoms with Gasteiger partial charge in [-0.3, -0.25) is 9.69 Å². The number of carbonyl (C=O) groups is 1. The highest BCUT2D eigenvalue weighted by Gasteiger charge is 2.35. The number of nitrogens with zero attached hydrogens (tertiary/aromatic N) is 2. The Kier molecular flexibility index (Phi) is 12.2. The molecular weight excluding hydrogens is 734 g/mol. The van der Waals surface area contributed by atoms with Gasteiger partial charge in [-0.2, -0.15) is 13.2 Å². The first-order valence-electron chi connectivity index (χ1n) is 17.1. The highest BCUT2D eigenvalue weighted by molar-refractivity contribution is 7.99. The highest BCUT2D eigenvalue weighted by atomic mass is 32.2. The van der Waals surface area contributed by atoms with Gasteiger partial charge in [0.15, 0.2) is 0 Å². The second kappa shape index (κ2) is 17.2. The van der Waals surface area contributed by atoms with Gasteiger partial charge in [0, 0.05) is 78.0 Å². The number of carbonyl (C=O) groups excluding carboxylic acids is 1. The fourth-order valence-corrected chi connectivity index (χ4v) is 7.71. The molecule has 0 spiro atoms. The van der Waals surface area contributed by atoms with Crippen molar-refractivity contribution in [2.75, 3.05) is 48.7 Å². The normalized spacial score (nSPS) is 13.5. The Labute approximate surface area is 317 Å². The topological polar surface area (TPSA) is 102 Å². The van der Waals surface area contributed by atoms with Crippen molar-refractivity contribution in [2.45, 2.75) is 22.5 Å². The van der Waals surface area contributed by atoms with Crippen molar-refractivity contribution in [1.29, 1.82) is 0 Å². The molecule has 5 aromatic rings. The minimum Gasteiger partial charge on any atom is -0.508 e. The van der Waals surface area contributed by atoms with E-state index in [1.807, 2.05) is 59.3 Å². The number of anilines is 2. The van der Waals surface area contributed by atoms with Crippen molar-refractivity contribution in [3.8, 4) is 17.6 Å². The number of alkyl halides is 3. The van der Waals surface area contributed by atoms with Gasteiger partial charge in [0.05, 0.1) is 10.5 Å². The molecule has 1 aliphatic heterocycles. The molecule has 6 rings (SSSR count). The first-order valence-corrected chi connectivity index (χ1v) is 19.6. The van der Waals surface area contributed by atoms with Crippen molar-refractivity contribution >= 4 is 39.1 Å². The Bertz CT molecular complexity index is 2250. The van der Waals surface area contributed by atoms with Crippen LogP contribution in [0.25, 0.3) is 0 Å². The van der Waals surface area contributed by atoms with Crippen molar-refractivity contribution in [1.82, 2.24) is 9.62 Å². The number of benzene rings is 5. The van der Waals surface area contributed by atoms with Gasteiger partial charge in [0.2, 0.25) is 0 Å². The average molecular weight is 771 g/mol. The number of hydrogen-bond acceptors (Lipinski definition) is 8. The molecule has 0 radical (unpaired) electrons. The monoisotopic (exact) mass is 770 g/mol. The third kappa shape index (κ3) is 10.2. The number of amides is 1. The maximum Gasteiger partial charge on any atom is 0.418 e. The van der Waals surface area contributed by atoms with Gasteiger partial charge in [0.25, 0.3) is 15.9 Å². The van der Waals surface area contributed by atoms with Crippen molar-refractivity contribution in [3.63, 3.8) is 0 Å². The number of sulfonamides is 1. The molecule has 0 bridgehead atoms. The molecule has 1 saturated heterocycles. The Balaban J connectivity index is 1.03. The van der Waals surface area contributed by atoms with Gasteiger partial charge >= 0.3 is 6.18 Å². The van der Waals surface area contributed by atoms with Crippen molar-refractivity contribution in [3.05, 3.63) is 149 Å². The molecule has 1 heterocycles. The molecule has 5 aromatic carbocycles. The molecule has 278 valence electrons. The fraction of sp³-hybridized carbons (Fsp3) is 0.195. The van der Waals surface area contributed by atoms with Gasteiger partial charge in [0.1, 0.15) is 5.75 Å². The summed E-state index contributed by atoms with van der Waals surface area (Å²) in [5.74, 6) is 6.05. The number of phenols is 1. The molecule has 0 aliphatic carbocycles. The Morgan fingerprint density at radius 3 is 2.26 bits per heavy atom. The molecule has 1 aliphatic rings. The molecule has 3 N–H and O–H groups in total. The summed E-state index contributed by atoms with van der Waals surface area (Å²) in [5, 5.41) is 12.5. The zero-order chi connectivity index (χ0) is 38.1. The third-order valence-electron chi connectivity index (χ3n) is 8.73. The van der Waals surface area contributed by atoms with Crippen molar-refractivity contribution < 1.29 is 31.5 Å². The zero-order valence-corrected chi connectivity index (χ0v) is 30.6. The molecule has 54 heavy (non-hydrogen) atoms. The van der Waals surface area contributed by atoms with E-state index < -0.39 is 32.6 Å². The van der Waals surface area contributed by atoms with Crippen LogP contribution in [0.5, 0.6) is 5.75 Å². The van der Waals surface area contributed by atoms with Crippen LogP contribution in [0.2, 0.25) is 0 Å². The number of halogens is 3. The lowest BCUT2D eigenvalue weighted by atomic mass is 10.1. The first-order chi connectivity index (χ1) is 25.9. The van der Waals surface area contributed by atoms with Crippen LogP contribution in [0.15, 0.2) is 131 Å². The Morgan fingerprint density at radius 1 is 0.815 bits per heavy atom. The van der Waals surface area contributed by atoms with E-state index in [1.165, 1.54) is 23.9 Å². The number of rotatable bonds is 11. The van der Waals surface area contributed by atoms with E-state index in [4.69, 9.17) is 0 Å². The van der Waals surface area contributed by atoms with E-state index in [1.54, 1.807) is 30.3 Å². The average Bonchev–Trinajstić information content (AvgIpc) is 3.16. The first kappa shape index (κ1) is 38.3. The third-order valence-corrected chi connectivity index (χ3v) is 11.1. The molecule has 0 saturated carbocycles. The molecule has 8 nitrogen and oxygen atoms in total. The van der Waals surface area contributed by atoms with Gasteiger partial charge in [-0.15, -0.1) is 11.8 Å². The van der Waals surface area contributed by atoms with Gasteiger partial charge < -0.3 is 15.3 Å². The number of phenolic OH excluding ortho intramolecular Hbond substituents is 1. The summed E-state index contributed by atoms with van der Waals surface area (Å²) in [4.78, 5) is 17.8. The van der Waals surface area contributed by atoms with Crippen LogP contribution in [0.1, 0.15) is 32.6 Å². The molecule has 1 amide bonds. The predicted molar refractivity (Wildman–Crippen MR) is 206 cm³/mol. The Morgan fingerprint density at radius 2 is 1.54 bits per heavy atom. The number of aromatic hydroxyl groups is 1. The van der Waals surface area contributed by atoms with Crippen molar-refractivity contribution in [2.24, 2.45) is 0 Å². The second-order valence-electron chi connectivity index (χ2n) is 12.5. The van der Waals surface area contributed by atoms with Crippen LogP contribution >= 0.6 is 11.8 Å². The summed E-state index contributed by atoms with van der Waals surface area (Å²) < 4.78 is 70.1. The molecular formula is C41H37F3N4O4S2. The lowest BCUT2D eigenvalue weighted by Gasteiger charge is -2.36. The number of nitrogens with one attached hydrogen (secondary N) is 2. The van der Waals surface area contributed by atoms with Crippen LogP contribution in [-0.4, -0.2) is 62.8 Å². The van der Waals surface area contributed by atoms with E-state index in [-0.39, 0.29) is 23.5 Å². The lowest BCUT2D eigenvalue weighted by Crippen LogP contribution is -2.46. The smallest absolute Gasteiger partial charge is 0.418 e. The highest BCUT2D eigenvalue weighted by Crippen LogP contribution is 2.36. The summed E-state index contributed by atoms with van der Waals surface area (Å²) in [5.41, 5.74) is 2.25. The Hall–Kier alpha value is -5.42. The maximum absolute atomic E-state index is 14.0. The van der Waals surface area contributed by atoms with Crippen LogP contribution in [0.3, 0.4) is 0 Å². The maximum atomic E-state index is 14.0. The lowest BCUT2D eigenvalue weighted by molar-refractivity contribution is -0.137. The largest absolute Gasteiger partial charge is 0.508 e. The van der Waals surface area contributed by atoms with E-state index >= 15 is 0 Å². The zero-order valence-electron chi connectivity index (χ0n) is 29.0. The van der Waals surface area contributed by atoms with Gasteiger partial charge in [-0.25, -0.2) is 13.1 Å². The fourth-order valence-electron chi connectivity index (χ4n) is 5.92. The summed E-state index contributed by atoms with van der Waals surface area (Å²) >= 11 is 1.47. The number of hydrogen-bond donors (Lipinski definition) is 3. The van der Waals surface area contributed by atoms with Gasteiger partial charge in [-0.05, 0) is 84.4 Å². The molecule has 13 heteroatoms. The van der Waals surface area contributed by atoms with E-state index in [9.17, 15) is 31.5 Å². The molecule has 1 fully saturated rings. The summed E-state index contributed by atoms with van der Waals surface area (Å²) in [6.07, 6.45) is -4.83. The summed E-state index contributed by atoms with van der Waals surface area (Å²) in [7, 11) is -4.62. The molecule has 0 atom stereocenters.